The zero-order valence-corrected chi connectivity index (χ0v) is 17.7. The summed E-state index contributed by atoms with van der Waals surface area (Å²) in [5.74, 6) is 0.400. The number of aromatic nitrogens is 2. The van der Waals surface area contributed by atoms with Gasteiger partial charge >= 0.3 is 5.56 Å². The van der Waals surface area contributed by atoms with Crippen LogP contribution in [0.4, 0.5) is 11.6 Å². The molecule has 0 unspecified atom stereocenters. The third-order valence-electron chi connectivity index (χ3n) is 4.05. The number of hydrogen-bond acceptors (Lipinski definition) is 5. The van der Waals surface area contributed by atoms with Gasteiger partial charge in [-0.25, -0.2) is 0 Å². The minimum absolute atomic E-state index is 0.0178. The van der Waals surface area contributed by atoms with Crippen molar-refractivity contribution in [1.29, 1.82) is 0 Å². The van der Waals surface area contributed by atoms with E-state index >= 15 is 0 Å². The highest BCUT2D eigenvalue weighted by Crippen LogP contribution is 2.26. The van der Waals surface area contributed by atoms with Crippen LogP contribution in [0.1, 0.15) is 31.9 Å². The van der Waals surface area contributed by atoms with E-state index in [2.05, 4.69) is 10.3 Å². The van der Waals surface area contributed by atoms with Gasteiger partial charge in [0.2, 0.25) is 11.7 Å². The van der Waals surface area contributed by atoms with Crippen LogP contribution in [0, 0.1) is 6.92 Å². The monoisotopic (exact) mass is 413 g/mol. The van der Waals surface area contributed by atoms with Crippen molar-refractivity contribution in [3.8, 4) is 5.75 Å². The molecule has 29 heavy (non-hydrogen) atoms. The van der Waals surface area contributed by atoms with E-state index in [-0.39, 0.29) is 5.75 Å². The van der Waals surface area contributed by atoms with E-state index in [1.807, 2.05) is 76.2 Å². The Morgan fingerprint density at radius 1 is 1.10 bits per heavy atom. The Kier molecular flexibility index (Phi) is 6.25. The van der Waals surface area contributed by atoms with Gasteiger partial charge in [0.25, 0.3) is 0 Å². The third kappa shape index (κ3) is 5.59. The maximum Gasteiger partial charge on any atom is 0.321 e. The molecule has 0 saturated heterocycles. The van der Waals surface area contributed by atoms with Crippen LogP contribution in [-0.2, 0) is 11.4 Å². The summed E-state index contributed by atoms with van der Waals surface area (Å²) < 4.78 is 1.80. The summed E-state index contributed by atoms with van der Waals surface area (Å²) in [4.78, 5) is 27.3. The molecule has 6 nitrogen and oxygen atoms in total. The highest BCUT2D eigenvalue weighted by Gasteiger charge is 2.17. The number of benzene rings is 2. The molecule has 0 atom stereocenters. The molecule has 0 saturated carbocycles. The van der Waals surface area contributed by atoms with Gasteiger partial charge in [0, 0.05) is 10.7 Å². The van der Waals surface area contributed by atoms with Crippen molar-refractivity contribution in [3.05, 3.63) is 81.2 Å². The van der Waals surface area contributed by atoms with E-state index in [1.54, 1.807) is 10.8 Å². The van der Waals surface area contributed by atoms with Gasteiger partial charge in [0.15, 0.2) is 0 Å². The Hall–Kier alpha value is -2.83. The van der Waals surface area contributed by atoms with Crippen LogP contribution in [0.5, 0.6) is 5.75 Å². The molecule has 1 aromatic heterocycles. The normalized spacial score (nSPS) is 11.3. The van der Waals surface area contributed by atoms with Gasteiger partial charge in [-0.1, -0.05) is 48.0 Å². The number of halogens is 1. The largest absolute Gasteiger partial charge is 0.329 e. The van der Waals surface area contributed by atoms with Crippen LogP contribution in [0.2, 0.25) is 5.02 Å². The molecule has 0 amide bonds. The van der Waals surface area contributed by atoms with Gasteiger partial charge in [-0.2, -0.15) is 9.87 Å². The predicted octanol–water partition coefficient (Wildman–Crippen LogP) is 5.11. The average molecular weight is 414 g/mol. The van der Waals surface area contributed by atoms with Crippen molar-refractivity contribution < 1.29 is 9.78 Å². The summed E-state index contributed by atoms with van der Waals surface area (Å²) in [5, 5.41) is 3.84. The Morgan fingerprint density at radius 2 is 1.83 bits per heavy atom. The van der Waals surface area contributed by atoms with Gasteiger partial charge in [-0.05, 0) is 51.0 Å². The second-order valence-corrected chi connectivity index (χ2v) is 8.07. The molecule has 1 N–H and O–H groups in total. The first-order chi connectivity index (χ1) is 13.7. The van der Waals surface area contributed by atoms with E-state index in [4.69, 9.17) is 21.4 Å². The smallest absolute Gasteiger partial charge is 0.321 e. The van der Waals surface area contributed by atoms with Crippen LogP contribution < -0.4 is 15.8 Å². The van der Waals surface area contributed by atoms with Gasteiger partial charge in [-0.3, -0.25) is 4.79 Å². The maximum atomic E-state index is 12.5. The summed E-state index contributed by atoms with van der Waals surface area (Å²) in [5.41, 5.74) is 1.59. The first kappa shape index (κ1) is 20.9. The Bertz CT molecular complexity index is 1040. The third-order valence-corrected chi connectivity index (χ3v) is 4.46. The highest BCUT2D eigenvalue weighted by atomic mass is 35.5. The molecule has 0 aliphatic carbocycles. The van der Waals surface area contributed by atoms with Crippen LogP contribution in [0.25, 0.3) is 0 Å². The number of nitrogens with zero attached hydrogens (tertiary/aromatic N) is 2. The van der Waals surface area contributed by atoms with E-state index in [0.29, 0.717) is 17.5 Å². The maximum absolute atomic E-state index is 12.5. The summed E-state index contributed by atoms with van der Waals surface area (Å²) in [6, 6.07) is 15.4. The van der Waals surface area contributed by atoms with E-state index < -0.39 is 11.2 Å². The van der Waals surface area contributed by atoms with Crippen molar-refractivity contribution in [2.75, 3.05) is 5.32 Å². The first-order valence-corrected chi connectivity index (χ1v) is 9.64. The molecule has 0 aliphatic heterocycles. The summed E-state index contributed by atoms with van der Waals surface area (Å²) in [6.45, 7) is 7.89. The summed E-state index contributed by atoms with van der Waals surface area (Å²) >= 11 is 6.22. The molecule has 0 fully saturated rings. The molecule has 0 radical (unpaired) electrons. The standard InChI is InChI=1S/C22H24ClN3O3/c1-15-17(23)11-8-12-18(15)24-21-25-20(27)19(28-29-22(2,3)4)14-26(21)13-16-9-6-5-7-10-16/h5-12,14H,13H2,1-4H3,(H,24,25,27). The van der Waals surface area contributed by atoms with Gasteiger partial charge in [0.1, 0.15) is 5.60 Å². The second-order valence-electron chi connectivity index (χ2n) is 7.66. The molecule has 7 heteroatoms. The zero-order chi connectivity index (χ0) is 21.0. The quantitative estimate of drug-likeness (QED) is 0.449. The Morgan fingerprint density at radius 3 is 2.52 bits per heavy atom. The lowest BCUT2D eigenvalue weighted by molar-refractivity contribution is -0.275. The zero-order valence-electron chi connectivity index (χ0n) is 16.9. The lowest BCUT2D eigenvalue weighted by Crippen LogP contribution is -2.25. The average Bonchev–Trinajstić information content (AvgIpc) is 2.66. The molecule has 3 aromatic rings. The number of anilines is 2. The molecule has 152 valence electrons. The number of nitrogens with one attached hydrogen (secondary N) is 1. The molecule has 0 aliphatic rings. The van der Waals surface area contributed by atoms with Gasteiger partial charge in [-0.15, -0.1) is 0 Å². The Balaban J connectivity index is 2.00. The van der Waals surface area contributed by atoms with Crippen LogP contribution >= 0.6 is 11.6 Å². The highest BCUT2D eigenvalue weighted by molar-refractivity contribution is 6.31. The van der Waals surface area contributed by atoms with Crippen LogP contribution in [0.3, 0.4) is 0 Å². The van der Waals surface area contributed by atoms with Crippen LogP contribution in [0.15, 0.2) is 59.5 Å². The van der Waals surface area contributed by atoms with Crippen molar-refractivity contribution in [2.45, 2.75) is 39.8 Å². The lowest BCUT2D eigenvalue weighted by atomic mass is 10.2. The van der Waals surface area contributed by atoms with Crippen molar-refractivity contribution in [1.82, 2.24) is 9.55 Å². The summed E-state index contributed by atoms with van der Waals surface area (Å²) in [6.07, 6.45) is 1.59. The Labute approximate surface area is 175 Å². The van der Waals surface area contributed by atoms with E-state index in [9.17, 15) is 4.79 Å². The van der Waals surface area contributed by atoms with Crippen molar-refractivity contribution in [2.24, 2.45) is 0 Å². The molecule has 2 aromatic carbocycles. The summed E-state index contributed by atoms with van der Waals surface area (Å²) in [7, 11) is 0. The lowest BCUT2D eigenvalue weighted by Gasteiger charge is -2.19. The minimum Gasteiger partial charge on any atom is -0.329 e. The van der Waals surface area contributed by atoms with E-state index in [0.717, 1.165) is 16.8 Å². The fraction of sp³-hybridized carbons (Fsp3) is 0.273. The number of hydrogen-bond donors (Lipinski definition) is 1. The van der Waals surface area contributed by atoms with Crippen LogP contribution in [-0.4, -0.2) is 15.2 Å². The SMILES string of the molecule is Cc1c(Cl)cccc1Nc1nc(=O)c(OOC(C)(C)C)cn1Cc1ccccc1. The van der Waals surface area contributed by atoms with Crippen molar-refractivity contribution in [3.63, 3.8) is 0 Å². The van der Waals surface area contributed by atoms with E-state index in [1.165, 1.54) is 0 Å². The molecule has 3 rings (SSSR count). The van der Waals surface area contributed by atoms with Gasteiger partial charge in [0.05, 0.1) is 12.7 Å². The van der Waals surface area contributed by atoms with Gasteiger partial charge < -0.3 is 14.8 Å². The fourth-order valence-electron chi connectivity index (χ4n) is 2.56. The number of rotatable bonds is 6. The topological polar surface area (TPSA) is 65.4 Å². The van der Waals surface area contributed by atoms with Crippen molar-refractivity contribution >= 4 is 23.2 Å². The minimum atomic E-state index is -0.564. The fourth-order valence-corrected chi connectivity index (χ4v) is 2.74. The molecule has 1 heterocycles. The molecule has 0 bridgehead atoms. The molecular formula is C22H24ClN3O3. The second kappa shape index (κ2) is 8.68. The predicted molar refractivity (Wildman–Crippen MR) is 115 cm³/mol. The molecule has 0 spiro atoms. The first-order valence-electron chi connectivity index (χ1n) is 9.26. The molecular weight excluding hydrogens is 390 g/mol.